The van der Waals surface area contributed by atoms with Crippen LogP contribution in [0.15, 0.2) is 24.3 Å². The Morgan fingerprint density at radius 1 is 1.40 bits per heavy atom. The Morgan fingerprint density at radius 3 is 2.95 bits per heavy atom. The van der Waals surface area contributed by atoms with Gasteiger partial charge in [0.25, 0.3) is 0 Å². The maximum absolute atomic E-state index is 12.2. The van der Waals surface area contributed by atoms with E-state index in [0.717, 1.165) is 25.1 Å². The Labute approximate surface area is 122 Å². The first-order valence-corrected chi connectivity index (χ1v) is 7.82. The van der Waals surface area contributed by atoms with Crippen molar-refractivity contribution in [3.63, 3.8) is 0 Å². The molecule has 1 aliphatic heterocycles. The molecule has 2 rings (SSSR count). The molecule has 0 radical (unpaired) electrons. The van der Waals surface area contributed by atoms with Crippen molar-refractivity contribution in [2.24, 2.45) is 5.92 Å². The zero-order chi connectivity index (χ0) is 14.4. The highest BCUT2D eigenvalue weighted by molar-refractivity contribution is 5.91. The van der Waals surface area contributed by atoms with Gasteiger partial charge in [-0.1, -0.05) is 38.5 Å². The summed E-state index contributed by atoms with van der Waals surface area (Å²) in [5.41, 5.74) is 2.20. The summed E-state index contributed by atoms with van der Waals surface area (Å²) in [6.45, 7) is 5.43. The first-order chi connectivity index (χ1) is 9.70. The van der Waals surface area contributed by atoms with Crippen molar-refractivity contribution in [3.8, 4) is 0 Å². The SMILES string of the molecule is CCCc1ccccc1NC(=O)CC1NCCCC1C. The molecule has 0 bridgehead atoms. The highest BCUT2D eigenvalue weighted by atomic mass is 16.1. The van der Waals surface area contributed by atoms with E-state index in [0.29, 0.717) is 18.4 Å². The molecule has 1 amide bonds. The fourth-order valence-corrected chi connectivity index (χ4v) is 2.92. The molecule has 1 aromatic carbocycles. The van der Waals surface area contributed by atoms with Crippen molar-refractivity contribution < 1.29 is 4.79 Å². The molecule has 1 aromatic rings. The normalized spacial score (nSPS) is 22.5. The Morgan fingerprint density at radius 2 is 2.20 bits per heavy atom. The molecule has 2 unspecified atom stereocenters. The van der Waals surface area contributed by atoms with Gasteiger partial charge in [-0.05, 0) is 43.4 Å². The predicted octanol–water partition coefficient (Wildman–Crippen LogP) is 3.36. The number of benzene rings is 1. The summed E-state index contributed by atoms with van der Waals surface area (Å²) in [6.07, 6.45) is 5.11. The highest BCUT2D eigenvalue weighted by Gasteiger charge is 2.23. The van der Waals surface area contributed by atoms with E-state index in [2.05, 4.69) is 30.5 Å². The van der Waals surface area contributed by atoms with Gasteiger partial charge in [-0.3, -0.25) is 4.79 Å². The number of amides is 1. The Kier molecular flexibility index (Phi) is 5.60. The molecule has 3 nitrogen and oxygen atoms in total. The van der Waals surface area contributed by atoms with Gasteiger partial charge >= 0.3 is 0 Å². The highest BCUT2D eigenvalue weighted by Crippen LogP contribution is 2.20. The van der Waals surface area contributed by atoms with Crippen molar-refractivity contribution in [2.75, 3.05) is 11.9 Å². The molecular formula is C17H26N2O. The van der Waals surface area contributed by atoms with Gasteiger partial charge in [-0.25, -0.2) is 0 Å². The van der Waals surface area contributed by atoms with Crippen LogP contribution in [0, 0.1) is 5.92 Å². The molecule has 20 heavy (non-hydrogen) atoms. The minimum absolute atomic E-state index is 0.125. The van der Waals surface area contributed by atoms with E-state index in [1.54, 1.807) is 0 Å². The summed E-state index contributed by atoms with van der Waals surface area (Å²) in [5, 5.41) is 6.55. The second-order valence-corrected chi connectivity index (χ2v) is 5.84. The number of anilines is 1. The van der Waals surface area contributed by atoms with E-state index in [1.165, 1.54) is 18.4 Å². The smallest absolute Gasteiger partial charge is 0.225 e. The lowest BCUT2D eigenvalue weighted by atomic mass is 9.90. The number of carbonyl (C=O) groups is 1. The first-order valence-electron chi connectivity index (χ1n) is 7.82. The molecular weight excluding hydrogens is 248 g/mol. The van der Waals surface area contributed by atoms with Crippen LogP contribution in [-0.2, 0) is 11.2 Å². The molecule has 3 heteroatoms. The van der Waals surface area contributed by atoms with Crippen LogP contribution in [-0.4, -0.2) is 18.5 Å². The molecule has 110 valence electrons. The van der Waals surface area contributed by atoms with Gasteiger partial charge in [-0.2, -0.15) is 0 Å². The molecule has 0 spiro atoms. The topological polar surface area (TPSA) is 41.1 Å². The van der Waals surface area contributed by atoms with Gasteiger partial charge in [0.15, 0.2) is 0 Å². The Bertz CT molecular complexity index is 444. The fourth-order valence-electron chi connectivity index (χ4n) is 2.92. The van der Waals surface area contributed by atoms with E-state index < -0.39 is 0 Å². The van der Waals surface area contributed by atoms with Crippen molar-refractivity contribution in [2.45, 2.75) is 52.0 Å². The number of nitrogens with one attached hydrogen (secondary N) is 2. The van der Waals surface area contributed by atoms with E-state index in [-0.39, 0.29) is 5.91 Å². The monoisotopic (exact) mass is 274 g/mol. The van der Waals surface area contributed by atoms with Crippen molar-refractivity contribution in [3.05, 3.63) is 29.8 Å². The molecule has 1 aliphatic rings. The van der Waals surface area contributed by atoms with Crippen LogP contribution in [0.2, 0.25) is 0 Å². The Hall–Kier alpha value is -1.35. The molecule has 1 heterocycles. The average Bonchev–Trinajstić information content (AvgIpc) is 2.44. The van der Waals surface area contributed by atoms with Crippen LogP contribution in [0.1, 0.15) is 45.1 Å². The third-order valence-corrected chi connectivity index (χ3v) is 4.15. The van der Waals surface area contributed by atoms with Crippen LogP contribution in [0.4, 0.5) is 5.69 Å². The van der Waals surface area contributed by atoms with E-state index >= 15 is 0 Å². The molecule has 0 saturated carbocycles. The standard InChI is InChI=1S/C17H26N2O/c1-3-7-14-9-4-5-10-15(14)19-17(20)12-16-13(2)8-6-11-18-16/h4-5,9-10,13,16,18H,3,6-8,11-12H2,1-2H3,(H,19,20). The third-order valence-electron chi connectivity index (χ3n) is 4.15. The van der Waals surface area contributed by atoms with Crippen molar-refractivity contribution in [1.29, 1.82) is 0 Å². The predicted molar refractivity (Wildman–Crippen MR) is 83.9 cm³/mol. The summed E-state index contributed by atoms with van der Waals surface area (Å²) in [6, 6.07) is 8.44. The lowest BCUT2D eigenvalue weighted by Gasteiger charge is -2.29. The molecule has 1 fully saturated rings. The number of aryl methyl sites for hydroxylation is 1. The first kappa shape index (κ1) is 15.0. The van der Waals surface area contributed by atoms with Gasteiger partial charge in [0.1, 0.15) is 0 Å². The summed E-state index contributed by atoms with van der Waals surface area (Å²) in [5.74, 6) is 0.709. The number of hydrogen-bond donors (Lipinski definition) is 2. The average molecular weight is 274 g/mol. The van der Waals surface area contributed by atoms with Gasteiger partial charge in [-0.15, -0.1) is 0 Å². The lowest BCUT2D eigenvalue weighted by Crippen LogP contribution is -2.42. The van der Waals surface area contributed by atoms with Crippen LogP contribution in [0.25, 0.3) is 0 Å². The van der Waals surface area contributed by atoms with E-state index in [4.69, 9.17) is 0 Å². The number of hydrogen-bond acceptors (Lipinski definition) is 2. The molecule has 0 aromatic heterocycles. The second-order valence-electron chi connectivity index (χ2n) is 5.84. The van der Waals surface area contributed by atoms with Crippen LogP contribution >= 0.6 is 0 Å². The van der Waals surface area contributed by atoms with E-state index in [9.17, 15) is 4.79 Å². The Balaban J connectivity index is 1.94. The zero-order valence-electron chi connectivity index (χ0n) is 12.6. The minimum Gasteiger partial charge on any atom is -0.326 e. The summed E-state index contributed by atoms with van der Waals surface area (Å²) >= 11 is 0. The summed E-state index contributed by atoms with van der Waals surface area (Å²) in [7, 11) is 0. The summed E-state index contributed by atoms with van der Waals surface area (Å²) in [4.78, 5) is 12.2. The molecule has 1 saturated heterocycles. The largest absolute Gasteiger partial charge is 0.326 e. The lowest BCUT2D eigenvalue weighted by molar-refractivity contribution is -0.117. The fraction of sp³-hybridized carbons (Fsp3) is 0.588. The quantitative estimate of drug-likeness (QED) is 0.864. The summed E-state index contributed by atoms with van der Waals surface area (Å²) < 4.78 is 0. The van der Waals surface area contributed by atoms with Crippen molar-refractivity contribution in [1.82, 2.24) is 5.32 Å². The maximum Gasteiger partial charge on any atom is 0.225 e. The number of carbonyl (C=O) groups excluding carboxylic acids is 1. The minimum atomic E-state index is 0.125. The zero-order valence-corrected chi connectivity index (χ0v) is 12.6. The van der Waals surface area contributed by atoms with Gasteiger partial charge in [0.2, 0.25) is 5.91 Å². The van der Waals surface area contributed by atoms with E-state index in [1.807, 2.05) is 18.2 Å². The molecule has 0 aliphatic carbocycles. The van der Waals surface area contributed by atoms with Gasteiger partial charge in [0, 0.05) is 18.2 Å². The van der Waals surface area contributed by atoms with Crippen LogP contribution in [0.5, 0.6) is 0 Å². The maximum atomic E-state index is 12.2. The number of piperidine rings is 1. The number of rotatable bonds is 5. The number of para-hydroxylation sites is 1. The molecule has 2 N–H and O–H groups in total. The molecule has 2 atom stereocenters. The van der Waals surface area contributed by atoms with Crippen LogP contribution < -0.4 is 10.6 Å². The van der Waals surface area contributed by atoms with Crippen molar-refractivity contribution >= 4 is 11.6 Å². The van der Waals surface area contributed by atoms with Gasteiger partial charge < -0.3 is 10.6 Å². The van der Waals surface area contributed by atoms with Gasteiger partial charge in [0.05, 0.1) is 0 Å². The third kappa shape index (κ3) is 4.07. The second kappa shape index (κ2) is 7.44. The van der Waals surface area contributed by atoms with Crippen LogP contribution in [0.3, 0.4) is 0 Å².